The van der Waals surface area contributed by atoms with Gasteiger partial charge in [0.2, 0.25) is 5.91 Å². The van der Waals surface area contributed by atoms with E-state index in [1.807, 2.05) is 42.5 Å². The molecule has 0 radical (unpaired) electrons. The molecular weight excluding hydrogens is 542 g/mol. The first-order chi connectivity index (χ1) is 20.2. The number of likely N-dealkylation sites (tertiary alicyclic amines) is 2. The van der Waals surface area contributed by atoms with Crippen LogP contribution in [-0.2, 0) is 11.2 Å². The van der Waals surface area contributed by atoms with Crippen molar-refractivity contribution in [2.75, 3.05) is 39.3 Å². The third-order valence-electron chi connectivity index (χ3n) is 9.24. The largest absolute Gasteiger partial charge is 0.341 e. The van der Waals surface area contributed by atoms with E-state index in [0.717, 1.165) is 50.0 Å². The normalized spacial score (nSPS) is 19.1. The number of carbonyl (C=O) groups is 1. The second kappa shape index (κ2) is 16.2. The van der Waals surface area contributed by atoms with Gasteiger partial charge < -0.3 is 20.9 Å². The molecule has 2 heterocycles. The van der Waals surface area contributed by atoms with Crippen molar-refractivity contribution >= 4 is 17.5 Å². The fourth-order valence-electron chi connectivity index (χ4n) is 6.77. The standard InChI is InChI=1S/C35H54ClN5O/c1-26(2)25-41(31-15-20-39(21-16-31)27(3)4)32-17-22-40(23-18-32)35(42)34(24-28-10-12-30(36)13-11-28)38-19-14-33(37)29-8-6-5-7-9-29/h5-13,26-27,31-34,38H,14-25,37H2,1-4H3. The summed E-state index contributed by atoms with van der Waals surface area (Å²) in [6.07, 6.45) is 6.02. The highest BCUT2D eigenvalue weighted by Crippen LogP contribution is 2.27. The maximum absolute atomic E-state index is 14.0. The molecule has 2 unspecified atom stereocenters. The summed E-state index contributed by atoms with van der Waals surface area (Å²) in [4.78, 5) is 21.5. The third kappa shape index (κ3) is 9.52. The predicted molar refractivity (Wildman–Crippen MR) is 176 cm³/mol. The number of carbonyl (C=O) groups excluding carboxylic acids is 1. The van der Waals surface area contributed by atoms with E-state index in [1.165, 1.54) is 25.9 Å². The van der Waals surface area contributed by atoms with Crippen LogP contribution in [0.2, 0.25) is 5.02 Å². The smallest absolute Gasteiger partial charge is 0.240 e. The average Bonchev–Trinajstić information content (AvgIpc) is 3.00. The predicted octanol–water partition coefficient (Wildman–Crippen LogP) is 5.75. The first-order valence-corrected chi connectivity index (χ1v) is 16.7. The van der Waals surface area contributed by atoms with E-state index in [9.17, 15) is 4.79 Å². The van der Waals surface area contributed by atoms with Gasteiger partial charge in [-0.3, -0.25) is 9.69 Å². The Morgan fingerprint density at radius 1 is 0.929 bits per heavy atom. The topological polar surface area (TPSA) is 64.8 Å². The maximum atomic E-state index is 14.0. The number of halogens is 1. The third-order valence-corrected chi connectivity index (χ3v) is 9.50. The summed E-state index contributed by atoms with van der Waals surface area (Å²) in [6.45, 7) is 15.2. The van der Waals surface area contributed by atoms with Gasteiger partial charge in [0.15, 0.2) is 0 Å². The second-order valence-electron chi connectivity index (χ2n) is 13.2. The molecule has 1 amide bonds. The lowest BCUT2D eigenvalue weighted by molar-refractivity contribution is -0.135. The number of rotatable bonds is 13. The molecule has 6 nitrogen and oxygen atoms in total. The Morgan fingerprint density at radius 3 is 2.10 bits per heavy atom. The molecule has 0 saturated carbocycles. The van der Waals surface area contributed by atoms with Crippen LogP contribution in [-0.4, -0.2) is 84.0 Å². The van der Waals surface area contributed by atoms with Crippen LogP contribution in [0.5, 0.6) is 0 Å². The first kappa shape index (κ1) is 32.9. The van der Waals surface area contributed by atoms with Crippen LogP contribution in [0, 0.1) is 5.92 Å². The van der Waals surface area contributed by atoms with Crippen molar-refractivity contribution in [1.29, 1.82) is 0 Å². The van der Waals surface area contributed by atoms with Gasteiger partial charge in [-0.1, -0.05) is 67.9 Å². The molecule has 0 aromatic heterocycles. The number of hydrogen-bond acceptors (Lipinski definition) is 5. The van der Waals surface area contributed by atoms with Crippen LogP contribution < -0.4 is 11.1 Å². The number of nitrogens with zero attached hydrogens (tertiary/aromatic N) is 3. The van der Waals surface area contributed by atoms with Crippen molar-refractivity contribution in [1.82, 2.24) is 20.0 Å². The molecule has 2 aliphatic heterocycles. The Hall–Kier alpha value is -1.96. The van der Waals surface area contributed by atoms with Gasteiger partial charge in [-0.25, -0.2) is 0 Å². The van der Waals surface area contributed by atoms with Crippen LogP contribution in [0.25, 0.3) is 0 Å². The lowest BCUT2D eigenvalue weighted by Gasteiger charge is -2.46. The van der Waals surface area contributed by atoms with E-state index >= 15 is 0 Å². The number of piperidine rings is 2. The molecule has 0 aliphatic carbocycles. The molecule has 2 aromatic carbocycles. The molecule has 0 bridgehead atoms. The van der Waals surface area contributed by atoms with Gasteiger partial charge in [-0.15, -0.1) is 0 Å². The van der Waals surface area contributed by atoms with Crippen molar-refractivity contribution in [3.63, 3.8) is 0 Å². The van der Waals surface area contributed by atoms with Crippen molar-refractivity contribution in [2.45, 2.75) is 96.4 Å². The number of amides is 1. The summed E-state index contributed by atoms with van der Waals surface area (Å²) in [6, 6.07) is 19.6. The molecular formula is C35H54ClN5O. The van der Waals surface area contributed by atoms with Gasteiger partial charge in [-0.05, 0) is 101 Å². The highest BCUT2D eigenvalue weighted by atomic mass is 35.5. The Morgan fingerprint density at radius 2 is 1.52 bits per heavy atom. The molecule has 2 atom stereocenters. The minimum Gasteiger partial charge on any atom is -0.341 e. The van der Waals surface area contributed by atoms with Crippen molar-refractivity contribution < 1.29 is 4.79 Å². The van der Waals surface area contributed by atoms with Crippen LogP contribution in [0.1, 0.15) is 77.0 Å². The quantitative estimate of drug-likeness (QED) is 0.309. The van der Waals surface area contributed by atoms with Crippen molar-refractivity contribution in [3.8, 4) is 0 Å². The Bertz CT molecular complexity index is 1060. The van der Waals surface area contributed by atoms with Crippen molar-refractivity contribution in [3.05, 3.63) is 70.7 Å². The molecule has 2 aromatic rings. The molecule has 2 saturated heterocycles. The van der Waals surface area contributed by atoms with E-state index in [-0.39, 0.29) is 18.0 Å². The first-order valence-electron chi connectivity index (χ1n) is 16.3. The molecule has 0 spiro atoms. The Kier molecular flexibility index (Phi) is 12.7. The number of benzene rings is 2. The summed E-state index contributed by atoms with van der Waals surface area (Å²) in [5.41, 5.74) is 8.72. The zero-order valence-electron chi connectivity index (χ0n) is 26.4. The number of hydrogen-bond donors (Lipinski definition) is 2. The SMILES string of the molecule is CC(C)CN(C1CCN(C(=O)C(Cc2ccc(Cl)cc2)NCCC(N)c2ccccc2)CC1)C1CCN(C(C)C)CC1. The lowest BCUT2D eigenvalue weighted by atomic mass is 9.94. The fourth-order valence-corrected chi connectivity index (χ4v) is 6.90. The highest BCUT2D eigenvalue weighted by molar-refractivity contribution is 6.30. The van der Waals surface area contributed by atoms with Gasteiger partial charge >= 0.3 is 0 Å². The molecule has 7 heteroatoms. The van der Waals surface area contributed by atoms with E-state index < -0.39 is 0 Å². The fraction of sp³-hybridized carbons (Fsp3) is 0.629. The molecule has 2 aliphatic rings. The van der Waals surface area contributed by atoms with Crippen LogP contribution >= 0.6 is 11.6 Å². The molecule has 232 valence electrons. The van der Waals surface area contributed by atoms with Crippen molar-refractivity contribution in [2.24, 2.45) is 11.7 Å². The van der Waals surface area contributed by atoms with Gasteiger partial charge in [0, 0.05) is 48.8 Å². The van der Waals surface area contributed by atoms with E-state index in [1.54, 1.807) is 0 Å². The summed E-state index contributed by atoms with van der Waals surface area (Å²) in [5.74, 6) is 0.848. The molecule has 2 fully saturated rings. The van der Waals surface area contributed by atoms with Crippen LogP contribution in [0.15, 0.2) is 54.6 Å². The molecule has 42 heavy (non-hydrogen) atoms. The van der Waals surface area contributed by atoms with Gasteiger partial charge in [-0.2, -0.15) is 0 Å². The minimum absolute atomic E-state index is 0.0555. The zero-order chi connectivity index (χ0) is 30.1. The Labute approximate surface area is 260 Å². The monoisotopic (exact) mass is 595 g/mol. The summed E-state index contributed by atoms with van der Waals surface area (Å²) < 4.78 is 0. The van der Waals surface area contributed by atoms with Gasteiger partial charge in [0.05, 0.1) is 6.04 Å². The van der Waals surface area contributed by atoms with Crippen LogP contribution in [0.4, 0.5) is 0 Å². The van der Waals surface area contributed by atoms with Gasteiger partial charge in [0.25, 0.3) is 0 Å². The van der Waals surface area contributed by atoms with Gasteiger partial charge in [0.1, 0.15) is 0 Å². The number of nitrogens with one attached hydrogen (secondary N) is 1. The highest BCUT2D eigenvalue weighted by Gasteiger charge is 2.35. The van der Waals surface area contributed by atoms with E-state index in [2.05, 4.69) is 59.8 Å². The van der Waals surface area contributed by atoms with E-state index in [4.69, 9.17) is 17.3 Å². The zero-order valence-corrected chi connectivity index (χ0v) is 27.1. The van der Waals surface area contributed by atoms with Crippen LogP contribution in [0.3, 0.4) is 0 Å². The molecule has 3 N–H and O–H groups in total. The summed E-state index contributed by atoms with van der Waals surface area (Å²) in [7, 11) is 0. The summed E-state index contributed by atoms with van der Waals surface area (Å²) in [5, 5.41) is 4.30. The average molecular weight is 596 g/mol. The molecule has 4 rings (SSSR count). The maximum Gasteiger partial charge on any atom is 0.240 e. The Balaban J connectivity index is 1.36. The lowest BCUT2D eigenvalue weighted by Crippen LogP contribution is -2.56. The second-order valence-corrected chi connectivity index (χ2v) is 13.6. The summed E-state index contributed by atoms with van der Waals surface area (Å²) >= 11 is 6.15. The minimum atomic E-state index is -0.280. The van der Waals surface area contributed by atoms with E-state index in [0.29, 0.717) is 42.0 Å². The number of nitrogens with two attached hydrogens (primary N) is 1.